The number of anilines is 1. The molecule has 27 heavy (non-hydrogen) atoms. The summed E-state index contributed by atoms with van der Waals surface area (Å²) in [6.45, 7) is 1.87. The minimum atomic E-state index is -0.241. The van der Waals surface area contributed by atoms with Crippen LogP contribution in [-0.4, -0.2) is 26.0 Å². The standard InChI is InChI=1S/C19H15N5O2S/c1-12-21-16(11-27-12)19(25)22-15-5-3-2-4-14(15)10-17-23-18(24-26-17)13-6-8-20-9-7-13/h2-9,11H,10H2,1H3,(H,22,25). The molecule has 1 aromatic carbocycles. The van der Waals surface area contributed by atoms with E-state index in [0.717, 1.165) is 16.1 Å². The highest BCUT2D eigenvalue weighted by atomic mass is 32.1. The van der Waals surface area contributed by atoms with Crippen molar-refractivity contribution in [3.8, 4) is 11.4 Å². The maximum Gasteiger partial charge on any atom is 0.275 e. The molecule has 4 aromatic rings. The lowest BCUT2D eigenvalue weighted by Crippen LogP contribution is -2.13. The molecule has 0 atom stereocenters. The second-order valence-electron chi connectivity index (χ2n) is 5.79. The SMILES string of the molecule is Cc1nc(C(=O)Nc2ccccc2Cc2nc(-c3ccncc3)no2)cs1. The Morgan fingerprint density at radius 3 is 2.74 bits per heavy atom. The average molecular weight is 377 g/mol. The number of hydrogen-bond donors (Lipinski definition) is 1. The number of pyridine rings is 1. The van der Waals surface area contributed by atoms with Gasteiger partial charge in [0.15, 0.2) is 0 Å². The van der Waals surface area contributed by atoms with Gasteiger partial charge in [0.1, 0.15) is 5.69 Å². The summed E-state index contributed by atoms with van der Waals surface area (Å²) in [5.74, 6) is 0.731. The molecule has 0 unspecified atom stereocenters. The molecule has 4 rings (SSSR count). The van der Waals surface area contributed by atoms with Gasteiger partial charge in [0.25, 0.3) is 5.91 Å². The van der Waals surface area contributed by atoms with Crippen LogP contribution < -0.4 is 5.32 Å². The van der Waals surface area contributed by atoms with Gasteiger partial charge in [-0.15, -0.1) is 11.3 Å². The van der Waals surface area contributed by atoms with Crippen LogP contribution in [0, 0.1) is 6.92 Å². The van der Waals surface area contributed by atoms with Crippen LogP contribution in [0.3, 0.4) is 0 Å². The van der Waals surface area contributed by atoms with E-state index in [-0.39, 0.29) is 5.91 Å². The van der Waals surface area contributed by atoms with E-state index in [0.29, 0.717) is 29.5 Å². The lowest BCUT2D eigenvalue weighted by molar-refractivity contribution is 0.102. The maximum atomic E-state index is 12.4. The number of nitrogens with one attached hydrogen (secondary N) is 1. The Labute approximate surface area is 159 Å². The summed E-state index contributed by atoms with van der Waals surface area (Å²) in [7, 11) is 0. The first-order valence-corrected chi connectivity index (χ1v) is 9.11. The highest BCUT2D eigenvalue weighted by Crippen LogP contribution is 2.21. The summed E-state index contributed by atoms with van der Waals surface area (Å²) in [5, 5.41) is 9.51. The quantitative estimate of drug-likeness (QED) is 0.569. The highest BCUT2D eigenvalue weighted by molar-refractivity contribution is 7.09. The molecule has 0 aliphatic carbocycles. The number of para-hydroxylation sites is 1. The van der Waals surface area contributed by atoms with E-state index in [2.05, 4.69) is 25.4 Å². The zero-order valence-electron chi connectivity index (χ0n) is 14.4. The van der Waals surface area contributed by atoms with Crippen LogP contribution in [-0.2, 0) is 6.42 Å². The molecule has 7 nitrogen and oxygen atoms in total. The second-order valence-corrected chi connectivity index (χ2v) is 6.85. The minimum absolute atomic E-state index is 0.241. The van der Waals surface area contributed by atoms with E-state index in [9.17, 15) is 4.79 Å². The van der Waals surface area contributed by atoms with Crippen LogP contribution in [0.15, 0.2) is 58.7 Å². The molecule has 0 saturated heterocycles. The molecular formula is C19H15N5O2S. The molecule has 134 valence electrons. The highest BCUT2D eigenvalue weighted by Gasteiger charge is 2.14. The van der Waals surface area contributed by atoms with Gasteiger partial charge in [-0.2, -0.15) is 4.98 Å². The summed E-state index contributed by atoms with van der Waals surface area (Å²) in [6, 6.07) is 11.2. The molecule has 3 aromatic heterocycles. The molecule has 3 heterocycles. The van der Waals surface area contributed by atoms with Crippen molar-refractivity contribution >= 4 is 22.9 Å². The van der Waals surface area contributed by atoms with Crippen molar-refractivity contribution in [3.05, 3.63) is 76.3 Å². The lowest BCUT2D eigenvalue weighted by Gasteiger charge is -2.08. The molecule has 1 N–H and O–H groups in total. The maximum absolute atomic E-state index is 12.4. The molecule has 0 fully saturated rings. The van der Waals surface area contributed by atoms with E-state index in [1.165, 1.54) is 11.3 Å². The number of aromatic nitrogens is 4. The summed E-state index contributed by atoms with van der Waals surface area (Å²) in [5.41, 5.74) is 2.81. The topological polar surface area (TPSA) is 93.8 Å². The molecule has 0 aliphatic rings. The van der Waals surface area contributed by atoms with E-state index in [1.807, 2.05) is 43.3 Å². The number of carbonyl (C=O) groups is 1. The summed E-state index contributed by atoms with van der Waals surface area (Å²) in [6.07, 6.45) is 3.76. The Morgan fingerprint density at radius 1 is 1.15 bits per heavy atom. The van der Waals surface area contributed by atoms with Crippen molar-refractivity contribution in [2.45, 2.75) is 13.3 Å². The normalized spacial score (nSPS) is 10.7. The molecule has 0 spiro atoms. The number of aryl methyl sites for hydroxylation is 1. The van der Waals surface area contributed by atoms with Crippen LogP contribution in [0.2, 0.25) is 0 Å². The lowest BCUT2D eigenvalue weighted by atomic mass is 10.1. The predicted octanol–water partition coefficient (Wildman–Crippen LogP) is 3.74. The van der Waals surface area contributed by atoms with Gasteiger partial charge in [0.05, 0.1) is 11.4 Å². The number of amides is 1. The zero-order chi connectivity index (χ0) is 18.6. The van der Waals surface area contributed by atoms with Gasteiger partial charge in [0, 0.05) is 29.0 Å². The van der Waals surface area contributed by atoms with Gasteiger partial charge in [-0.25, -0.2) is 4.98 Å². The number of thiazole rings is 1. The van der Waals surface area contributed by atoms with E-state index < -0.39 is 0 Å². The number of hydrogen-bond acceptors (Lipinski definition) is 7. The van der Waals surface area contributed by atoms with Crippen molar-refractivity contribution in [1.29, 1.82) is 0 Å². The van der Waals surface area contributed by atoms with Crippen molar-refractivity contribution in [2.24, 2.45) is 0 Å². The van der Waals surface area contributed by atoms with Crippen molar-refractivity contribution in [3.63, 3.8) is 0 Å². The minimum Gasteiger partial charge on any atom is -0.339 e. The Kier molecular flexibility index (Phi) is 4.71. The fourth-order valence-electron chi connectivity index (χ4n) is 2.56. The van der Waals surface area contributed by atoms with Crippen LogP contribution in [0.5, 0.6) is 0 Å². The zero-order valence-corrected chi connectivity index (χ0v) is 15.2. The number of rotatable bonds is 5. The largest absolute Gasteiger partial charge is 0.339 e. The number of nitrogens with zero attached hydrogens (tertiary/aromatic N) is 4. The predicted molar refractivity (Wildman–Crippen MR) is 102 cm³/mol. The molecule has 0 aliphatic heterocycles. The third kappa shape index (κ3) is 3.90. The van der Waals surface area contributed by atoms with E-state index >= 15 is 0 Å². The molecule has 0 saturated carbocycles. The summed E-state index contributed by atoms with van der Waals surface area (Å²) in [4.78, 5) is 25.0. The number of carbonyl (C=O) groups excluding carboxylic acids is 1. The third-order valence-electron chi connectivity index (χ3n) is 3.87. The Morgan fingerprint density at radius 2 is 1.96 bits per heavy atom. The van der Waals surface area contributed by atoms with Gasteiger partial charge in [0.2, 0.25) is 11.7 Å². The molecule has 0 bridgehead atoms. The van der Waals surface area contributed by atoms with Crippen LogP contribution in [0.1, 0.15) is 27.0 Å². The van der Waals surface area contributed by atoms with Crippen LogP contribution in [0.25, 0.3) is 11.4 Å². The van der Waals surface area contributed by atoms with E-state index in [1.54, 1.807) is 17.8 Å². The Balaban J connectivity index is 1.53. The smallest absolute Gasteiger partial charge is 0.275 e. The molecular weight excluding hydrogens is 362 g/mol. The molecule has 0 radical (unpaired) electrons. The molecule has 1 amide bonds. The van der Waals surface area contributed by atoms with Gasteiger partial charge in [-0.1, -0.05) is 23.4 Å². The third-order valence-corrected chi connectivity index (χ3v) is 4.64. The Hall–Kier alpha value is -3.39. The van der Waals surface area contributed by atoms with Crippen molar-refractivity contribution < 1.29 is 9.32 Å². The Bertz CT molecular complexity index is 1070. The van der Waals surface area contributed by atoms with Crippen LogP contribution in [0.4, 0.5) is 5.69 Å². The van der Waals surface area contributed by atoms with Gasteiger partial charge < -0.3 is 9.84 Å². The fraction of sp³-hybridized carbons (Fsp3) is 0.105. The first-order valence-electron chi connectivity index (χ1n) is 8.23. The second kappa shape index (κ2) is 7.46. The summed E-state index contributed by atoms with van der Waals surface area (Å²) < 4.78 is 5.37. The monoisotopic (exact) mass is 377 g/mol. The van der Waals surface area contributed by atoms with Gasteiger partial charge in [-0.05, 0) is 30.7 Å². The average Bonchev–Trinajstić information content (AvgIpc) is 3.33. The van der Waals surface area contributed by atoms with Crippen LogP contribution >= 0.6 is 11.3 Å². The molecule has 8 heteroatoms. The number of benzene rings is 1. The van der Waals surface area contributed by atoms with Gasteiger partial charge in [-0.3, -0.25) is 9.78 Å². The van der Waals surface area contributed by atoms with Crippen molar-refractivity contribution in [1.82, 2.24) is 20.1 Å². The first-order chi connectivity index (χ1) is 13.2. The van der Waals surface area contributed by atoms with E-state index in [4.69, 9.17) is 4.52 Å². The summed E-state index contributed by atoms with van der Waals surface area (Å²) >= 11 is 1.44. The first kappa shape index (κ1) is 17.0. The fourth-order valence-corrected chi connectivity index (χ4v) is 3.15. The van der Waals surface area contributed by atoms with Gasteiger partial charge >= 0.3 is 0 Å². The van der Waals surface area contributed by atoms with Crippen molar-refractivity contribution in [2.75, 3.05) is 5.32 Å².